The van der Waals surface area contributed by atoms with E-state index in [9.17, 15) is 14.4 Å². The molecule has 0 fully saturated rings. The number of carbonyl (C=O) groups excluding carboxylic acids is 3. The molecule has 1 aliphatic rings. The minimum absolute atomic E-state index is 0.000387. The summed E-state index contributed by atoms with van der Waals surface area (Å²) in [5, 5.41) is 2.56. The molecular weight excluding hydrogens is 358 g/mol. The molecule has 1 unspecified atom stereocenters. The lowest BCUT2D eigenvalue weighted by molar-refractivity contribution is -0.135. The fraction of sp³-hybridized carbons (Fsp3) is 0.571. The second kappa shape index (κ2) is 9.19. The Bertz CT molecular complexity index is 727. The molecule has 0 spiro atoms. The van der Waals surface area contributed by atoms with E-state index in [0.717, 1.165) is 5.56 Å². The van der Waals surface area contributed by atoms with Gasteiger partial charge in [0.05, 0.1) is 12.2 Å². The van der Waals surface area contributed by atoms with E-state index in [1.165, 1.54) is 4.90 Å². The van der Waals surface area contributed by atoms with E-state index < -0.39 is 6.10 Å². The Balaban J connectivity index is 2.42. The van der Waals surface area contributed by atoms with E-state index in [-0.39, 0.29) is 36.1 Å². The number of anilines is 1. The minimum atomic E-state index is -0.391. The molecule has 0 aliphatic carbocycles. The Labute approximate surface area is 167 Å². The fourth-order valence-electron chi connectivity index (χ4n) is 3.28. The number of hydrogen-bond donors (Lipinski definition) is 1. The molecule has 0 saturated carbocycles. The molecule has 1 atom stereocenters. The second-order valence-electron chi connectivity index (χ2n) is 8.26. The summed E-state index contributed by atoms with van der Waals surface area (Å²) < 4.78 is 5.70. The molecule has 1 aliphatic heterocycles. The molecule has 1 aromatic carbocycles. The van der Waals surface area contributed by atoms with Crippen molar-refractivity contribution in [3.05, 3.63) is 29.8 Å². The van der Waals surface area contributed by atoms with Crippen LogP contribution in [0, 0.1) is 5.41 Å². The summed E-state index contributed by atoms with van der Waals surface area (Å²) >= 11 is 0. The number of fused-ring (bicyclic) bond motifs is 1. The van der Waals surface area contributed by atoms with Crippen LogP contribution in [0.4, 0.5) is 5.69 Å². The summed E-state index contributed by atoms with van der Waals surface area (Å²) in [5.41, 5.74) is 1.29. The van der Waals surface area contributed by atoms with Crippen molar-refractivity contribution in [3.8, 4) is 0 Å². The number of likely N-dealkylation sites (N-methyl/N-ethyl adjacent to an activating group) is 1. The van der Waals surface area contributed by atoms with Gasteiger partial charge in [0.2, 0.25) is 17.7 Å². The van der Waals surface area contributed by atoms with Crippen molar-refractivity contribution in [1.82, 2.24) is 10.2 Å². The Morgan fingerprint density at radius 2 is 1.93 bits per heavy atom. The highest BCUT2D eigenvalue weighted by atomic mass is 16.5. The zero-order valence-corrected chi connectivity index (χ0v) is 17.4. The molecule has 0 saturated heterocycles. The standard InChI is InChI=1S/C21H31N3O4/c1-21(2,3)12-20(27)23-11-10-19(26)24(14-18(25)22-4)16-9-7-6-8-15(16)17(13-23)28-5/h6-9,17H,10-14H2,1-5H3,(H,22,25). The molecular formula is C21H31N3O4. The number of ether oxygens (including phenoxy) is 1. The van der Waals surface area contributed by atoms with Crippen LogP contribution in [0.1, 0.15) is 45.3 Å². The first-order valence-corrected chi connectivity index (χ1v) is 9.56. The van der Waals surface area contributed by atoms with Crippen LogP contribution in [0.3, 0.4) is 0 Å². The molecule has 1 heterocycles. The van der Waals surface area contributed by atoms with Crippen LogP contribution in [0.2, 0.25) is 0 Å². The van der Waals surface area contributed by atoms with Gasteiger partial charge in [-0.3, -0.25) is 14.4 Å². The average molecular weight is 389 g/mol. The quantitative estimate of drug-likeness (QED) is 0.856. The molecule has 7 heteroatoms. The van der Waals surface area contributed by atoms with Crippen LogP contribution in [-0.2, 0) is 19.1 Å². The largest absolute Gasteiger partial charge is 0.375 e. The van der Waals surface area contributed by atoms with Gasteiger partial charge in [-0.1, -0.05) is 39.0 Å². The van der Waals surface area contributed by atoms with Crippen LogP contribution in [-0.4, -0.2) is 56.4 Å². The summed E-state index contributed by atoms with van der Waals surface area (Å²) in [4.78, 5) is 41.0. The Kier molecular flexibility index (Phi) is 7.18. The third kappa shape index (κ3) is 5.55. The van der Waals surface area contributed by atoms with Gasteiger partial charge in [0.15, 0.2) is 0 Å². The van der Waals surface area contributed by atoms with Crippen molar-refractivity contribution in [3.63, 3.8) is 0 Å². The van der Waals surface area contributed by atoms with Gasteiger partial charge in [0, 0.05) is 39.1 Å². The highest BCUT2D eigenvalue weighted by Crippen LogP contribution is 2.31. The Hall–Kier alpha value is -2.41. The maximum absolute atomic E-state index is 12.9. The van der Waals surface area contributed by atoms with Gasteiger partial charge in [0.25, 0.3) is 0 Å². The van der Waals surface area contributed by atoms with Gasteiger partial charge < -0.3 is 19.9 Å². The van der Waals surface area contributed by atoms with Crippen LogP contribution in [0.25, 0.3) is 0 Å². The lowest BCUT2D eigenvalue weighted by Gasteiger charge is -2.29. The van der Waals surface area contributed by atoms with Crippen molar-refractivity contribution in [2.45, 2.75) is 39.7 Å². The average Bonchev–Trinajstić information content (AvgIpc) is 2.69. The highest BCUT2D eigenvalue weighted by molar-refractivity contribution is 5.99. The van der Waals surface area contributed by atoms with Gasteiger partial charge >= 0.3 is 0 Å². The number of nitrogens with zero attached hydrogens (tertiary/aromatic N) is 2. The van der Waals surface area contributed by atoms with Crippen molar-refractivity contribution in [2.24, 2.45) is 5.41 Å². The lowest BCUT2D eigenvalue weighted by Crippen LogP contribution is -2.41. The zero-order chi connectivity index (χ0) is 20.9. The summed E-state index contributed by atoms with van der Waals surface area (Å²) in [6.07, 6.45) is 0.150. The van der Waals surface area contributed by atoms with E-state index in [4.69, 9.17) is 4.74 Å². The molecule has 0 aromatic heterocycles. The first kappa shape index (κ1) is 21.9. The number of nitrogens with one attached hydrogen (secondary N) is 1. The third-order valence-corrected chi connectivity index (χ3v) is 4.76. The van der Waals surface area contributed by atoms with Crippen LogP contribution in [0.15, 0.2) is 24.3 Å². The SMILES string of the molecule is CNC(=O)CN1C(=O)CCN(C(=O)CC(C)(C)C)CC(OC)c2ccccc21. The van der Waals surface area contributed by atoms with Crippen LogP contribution < -0.4 is 10.2 Å². The van der Waals surface area contributed by atoms with Crippen molar-refractivity contribution in [1.29, 1.82) is 0 Å². The van der Waals surface area contributed by atoms with Gasteiger partial charge in [-0.15, -0.1) is 0 Å². The van der Waals surface area contributed by atoms with Crippen molar-refractivity contribution in [2.75, 3.05) is 38.7 Å². The predicted molar refractivity (Wildman–Crippen MR) is 108 cm³/mol. The number of benzene rings is 1. The normalized spacial score (nSPS) is 18.0. The molecule has 7 nitrogen and oxygen atoms in total. The second-order valence-corrected chi connectivity index (χ2v) is 8.26. The van der Waals surface area contributed by atoms with Crippen LogP contribution in [0.5, 0.6) is 0 Å². The maximum atomic E-state index is 12.9. The first-order valence-electron chi connectivity index (χ1n) is 9.56. The number of hydrogen-bond acceptors (Lipinski definition) is 4. The molecule has 0 bridgehead atoms. The minimum Gasteiger partial charge on any atom is -0.375 e. The van der Waals surface area contributed by atoms with Gasteiger partial charge in [-0.05, 0) is 11.5 Å². The monoisotopic (exact) mass is 389 g/mol. The Morgan fingerprint density at radius 1 is 1.25 bits per heavy atom. The van der Waals surface area contributed by atoms with E-state index in [2.05, 4.69) is 5.32 Å². The number of amides is 3. The van der Waals surface area contributed by atoms with E-state index in [0.29, 0.717) is 25.2 Å². The predicted octanol–water partition coefficient (Wildman–Crippen LogP) is 2.12. The molecule has 154 valence electrons. The summed E-state index contributed by atoms with van der Waals surface area (Å²) in [5.74, 6) is -0.446. The molecule has 1 aromatic rings. The molecule has 2 rings (SSSR count). The topological polar surface area (TPSA) is 79.0 Å². The molecule has 1 N–H and O–H groups in total. The van der Waals surface area contributed by atoms with Crippen molar-refractivity contribution < 1.29 is 19.1 Å². The number of para-hydroxylation sites is 1. The Morgan fingerprint density at radius 3 is 2.54 bits per heavy atom. The number of carbonyl (C=O) groups is 3. The lowest BCUT2D eigenvalue weighted by atomic mass is 9.91. The number of rotatable bonds is 4. The van der Waals surface area contributed by atoms with E-state index >= 15 is 0 Å². The van der Waals surface area contributed by atoms with Gasteiger partial charge in [-0.2, -0.15) is 0 Å². The van der Waals surface area contributed by atoms with Crippen LogP contribution >= 0.6 is 0 Å². The first-order chi connectivity index (χ1) is 13.2. The molecule has 3 amide bonds. The molecule has 28 heavy (non-hydrogen) atoms. The highest BCUT2D eigenvalue weighted by Gasteiger charge is 2.31. The zero-order valence-electron chi connectivity index (χ0n) is 17.4. The number of methoxy groups -OCH3 is 1. The summed E-state index contributed by atoms with van der Waals surface area (Å²) in [6, 6.07) is 7.39. The molecule has 0 radical (unpaired) electrons. The van der Waals surface area contributed by atoms with E-state index in [1.807, 2.05) is 45.0 Å². The van der Waals surface area contributed by atoms with Gasteiger partial charge in [0.1, 0.15) is 12.6 Å². The maximum Gasteiger partial charge on any atom is 0.239 e. The van der Waals surface area contributed by atoms with Crippen molar-refractivity contribution >= 4 is 23.4 Å². The summed E-state index contributed by atoms with van der Waals surface area (Å²) in [7, 11) is 3.14. The fourth-order valence-corrected chi connectivity index (χ4v) is 3.28. The third-order valence-electron chi connectivity index (χ3n) is 4.76. The van der Waals surface area contributed by atoms with Gasteiger partial charge in [-0.25, -0.2) is 0 Å². The smallest absolute Gasteiger partial charge is 0.239 e. The van der Waals surface area contributed by atoms with E-state index in [1.54, 1.807) is 19.1 Å². The summed E-state index contributed by atoms with van der Waals surface area (Å²) in [6.45, 7) is 6.63.